The molecule has 1 saturated carbocycles. The van der Waals surface area contributed by atoms with Crippen LogP contribution >= 0.6 is 22.6 Å². The van der Waals surface area contributed by atoms with E-state index in [1.54, 1.807) is 30.3 Å². The molecule has 7 rings (SSSR count). The Kier molecular flexibility index (Phi) is 11.2. The number of hydrogen-bond acceptors (Lipinski definition) is 6. The van der Waals surface area contributed by atoms with Gasteiger partial charge >= 0.3 is 0 Å². The highest BCUT2D eigenvalue weighted by molar-refractivity contribution is 14.1. The van der Waals surface area contributed by atoms with E-state index in [0.29, 0.717) is 13.0 Å². The number of sulfonamides is 1. The van der Waals surface area contributed by atoms with E-state index >= 15 is 4.79 Å². The molecule has 4 fully saturated rings. The van der Waals surface area contributed by atoms with Crippen molar-refractivity contribution in [3.63, 3.8) is 0 Å². The molecule has 7 nitrogen and oxygen atoms in total. The molecule has 6 atom stereocenters. The van der Waals surface area contributed by atoms with Crippen LogP contribution in [0, 0.1) is 24.2 Å². The van der Waals surface area contributed by atoms with E-state index < -0.39 is 47.8 Å². The number of benzene rings is 3. The van der Waals surface area contributed by atoms with E-state index in [4.69, 9.17) is 4.43 Å². The number of rotatable bonds is 12. The lowest BCUT2D eigenvalue weighted by atomic mass is 9.50. The normalized spacial score (nSPS) is 27.1. The second-order valence-electron chi connectivity index (χ2n) is 15.5. The van der Waals surface area contributed by atoms with Crippen molar-refractivity contribution in [1.29, 1.82) is 0 Å². The lowest BCUT2D eigenvalue weighted by Crippen LogP contribution is -2.79. The molecule has 3 saturated heterocycles. The second kappa shape index (κ2) is 15.0. The SMILES string of the molecule is C=CC[C@]12C(=O)N(S(=O)(=O)c3ccc(C)cc3)C[C@H](O[Si](c3ccccc3)(c3ccccc3)C(C)(C)C)[C@H]1[C@@H]1CN(CCC/C=C\I)[C@H]2C[C@@H]1O. The fourth-order valence-corrected chi connectivity index (χ4v) is 16.0. The lowest BCUT2D eigenvalue weighted by Gasteiger charge is -2.66. The van der Waals surface area contributed by atoms with Crippen molar-refractivity contribution < 1.29 is 22.7 Å². The van der Waals surface area contributed by atoms with Crippen molar-refractivity contribution in [2.75, 3.05) is 19.6 Å². The van der Waals surface area contributed by atoms with Gasteiger partial charge in [-0.2, -0.15) is 0 Å². The molecule has 3 heterocycles. The van der Waals surface area contributed by atoms with Crippen LogP contribution in [0.1, 0.15) is 52.0 Å². The molecule has 1 amide bonds. The number of halogens is 1. The molecule has 1 N–H and O–H groups in total. The summed E-state index contributed by atoms with van der Waals surface area (Å²) in [6.45, 7) is 13.9. The number of nitrogens with zero attached hydrogens (tertiary/aromatic N) is 2. The number of amides is 1. The summed E-state index contributed by atoms with van der Waals surface area (Å²) < 4.78 is 40.5. The van der Waals surface area contributed by atoms with Crippen LogP contribution in [-0.2, 0) is 19.2 Å². The summed E-state index contributed by atoms with van der Waals surface area (Å²) in [5, 5.41) is 13.6. The number of piperidine rings is 3. The number of aryl methyl sites for hydroxylation is 1. The maximum absolute atomic E-state index is 15.4. The Morgan fingerprint density at radius 2 is 1.61 bits per heavy atom. The van der Waals surface area contributed by atoms with Gasteiger partial charge in [-0.3, -0.25) is 9.69 Å². The van der Waals surface area contributed by atoms with Crippen molar-refractivity contribution in [2.24, 2.45) is 17.3 Å². The highest BCUT2D eigenvalue weighted by Crippen LogP contribution is 2.59. The molecule has 10 heteroatoms. The summed E-state index contributed by atoms with van der Waals surface area (Å²) in [5.41, 5.74) is -0.226. The smallest absolute Gasteiger partial charge is 0.266 e. The third kappa shape index (κ3) is 6.62. The number of aliphatic hydroxyl groups excluding tert-OH is 1. The minimum Gasteiger partial charge on any atom is -0.402 e. The van der Waals surface area contributed by atoms with Gasteiger partial charge in [0.25, 0.3) is 18.3 Å². The average molecular weight is 839 g/mol. The molecule has 51 heavy (non-hydrogen) atoms. The van der Waals surface area contributed by atoms with Crippen molar-refractivity contribution >= 4 is 57.2 Å². The van der Waals surface area contributed by atoms with Crippen LogP contribution in [0.25, 0.3) is 0 Å². The first-order chi connectivity index (χ1) is 24.3. The predicted molar refractivity (Wildman–Crippen MR) is 215 cm³/mol. The molecule has 2 bridgehead atoms. The van der Waals surface area contributed by atoms with Crippen LogP contribution in [0.3, 0.4) is 0 Å². The van der Waals surface area contributed by atoms with E-state index in [9.17, 15) is 13.5 Å². The Morgan fingerprint density at radius 1 is 1.00 bits per heavy atom. The Labute approximate surface area is 319 Å². The third-order valence-corrected chi connectivity index (χ3v) is 18.9. The van der Waals surface area contributed by atoms with Gasteiger partial charge in [0.15, 0.2) is 0 Å². The van der Waals surface area contributed by atoms with E-state index in [1.807, 2.05) is 47.4 Å². The van der Waals surface area contributed by atoms with Gasteiger partial charge in [-0.1, -0.05) is 134 Å². The summed E-state index contributed by atoms with van der Waals surface area (Å²) in [4.78, 5) is 17.8. The highest BCUT2D eigenvalue weighted by atomic mass is 127. The molecular weight excluding hydrogens is 788 g/mol. The largest absolute Gasteiger partial charge is 0.402 e. The second-order valence-corrected chi connectivity index (χ2v) is 22.3. The standard InChI is InChI=1S/C41H51IN2O5SSi/c1-6-24-41-37-27-35(45)34(28-43(37)26-15-9-14-25-42)38(41)36(29-44(39(41)46)50(47,48)31-22-20-30(2)21-23-31)49-51(40(3,4)5,32-16-10-7-11-17-32)33-18-12-8-13-19-33/h6-8,10-14,16-23,25,34-38,45H,1,9,15,24,26-29H2,2-5H3/b25-14-/t34-,35+,36+,37+,38-,41-/m1/s1. The van der Waals surface area contributed by atoms with Gasteiger partial charge in [0.05, 0.1) is 29.1 Å². The summed E-state index contributed by atoms with van der Waals surface area (Å²) in [6.07, 6.45) is 5.07. The number of hydrogen-bond donors (Lipinski definition) is 1. The van der Waals surface area contributed by atoms with Gasteiger partial charge in [-0.05, 0) is 70.8 Å². The molecule has 3 aromatic rings. The van der Waals surface area contributed by atoms with Crippen molar-refractivity contribution in [1.82, 2.24) is 9.21 Å². The van der Waals surface area contributed by atoms with Gasteiger partial charge in [0, 0.05) is 24.4 Å². The minimum absolute atomic E-state index is 0.0845. The maximum atomic E-state index is 15.4. The predicted octanol–water partition coefficient (Wildman–Crippen LogP) is 6.44. The topological polar surface area (TPSA) is 87.2 Å². The van der Waals surface area contributed by atoms with Gasteiger partial charge in [0.1, 0.15) is 0 Å². The molecule has 3 aliphatic heterocycles. The first kappa shape index (κ1) is 38.1. The van der Waals surface area contributed by atoms with E-state index in [2.05, 4.69) is 85.2 Å². The van der Waals surface area contributed by atoms with Crippen LogP contribution in [0.5, 0.6) is 0 Å². The average Bonchev–Trinajstić information content (AvgIpc) is 3.11. The molecule has 0 radical (unpaired) electrons. The summed E-state index contributed by atoms with van der Waals surface area (Å²) >= 11 is 2.23. The fraction of sp³-hybridized carbons (Fsp3) is 0.439. The Bertz CT molecular complexity index is 1790. The Hall–Kier alpha value is -2.61. The van der Waals surface area contributed by atoms with E-state index in [0.717, 1.165) is 39.6 Å². The number of unbranched alkanes of at least 4 members (excludes halogenated alkanes) is 1. The number of fused-ring (bicyclic) bond motifs is 2. The molecule has 0 spiro atoms. The minimum atomic E-state index is -4.27. The Morgan fingerprint density at radius 3 is 2.16 bits per heavy atom. The molecule has 272 valence electrons. The summed E-state index contributed by atoms with van der Waals surface area (Å²) in [7, 11) is -7.49. The monoisotopic (exact) mass is 838 g/mol. The number of aliphatic hydroxyl groups is 1. The van der Waals surface area contributed by atoms with Crippen LogP contribution < -0.4 is 10.4 Å². The lowest BCUT2D eigenvalue weighted by molar-refractivity contribution is -0.214. The zero-order chi connectivity index (χ0) is 36.6. The van der Waals surface area contributed by atoms with Crippen LogP contribution in [0.4, 0.5) is 0 Å². The first-order valence-electron chi connectivity index (χ1n) is 18.0. The third-order valence-electron chi connectivity index (χ3n) is 11.6. The van der Waals surface area contributed by atoms with E-state index in [-0.39, 0.29) is 34.9 Å². The molecule has 0 unspecified atom stereocenters. The zero-order valence-corrected chi connectivity index (χ0v) is 34.1. The van der Waals surface area contributed by atoms with Gasteiger partial charge in [-0.15, -0.1) is 6.58 Å². The highest BCUT2D eigenvalue weighted by Gasteiger charge is 2.70. The van der Waals surface area contributed by atoms with Crippen molar-refractivity contribution in [3.8, 4) is 0 Å². The summed E-state index contributed by atoms with van der Waals surface area (Å²) in [5.74, 6) is -1.12. The molecule has 4 aliphatic rings. The number of carbonyl (C=O) groups excluding carboxylic acids is 1. The molecule has 0 aromatic heterocycles. The number of allylic oxidation sites excluding steroid dienone is 2. The van der Waals surface area contributed by atoms with Crippen LogP contribution in [0.15, 0.2) is 113 Å². The van der Waals surface area contributed by atoms with E-state index in [1.165, 1.54) is 0 Å². The zero-order valence-electron chi connectivity index (χ0n) is 30.1. The van der Waals surface area contributed by atoms with Gasteiger partial charge in [0.2, 0.25) is 5.91 Å². The van der Waals surface area contributed by atoms with Gasteiger partial charge in [-0.25, -0.2) is 12.7 Å². The fourth-order valence-electron chi connectivity index (χ4n) is 9.44. The van der Waals surface area contributed by atoms with Crippen molar-refractivity contribution in [2.45, 2.75) is 81.6 Å². The van der Waals surface area contributed by atoms with Crippen LogP contribution in [-0.4, -0.2) is 74.8 Å². The van der Waals surface area contributed by atoms with Crippen LogP contribution in [0.2, 0.25) is 5.04 Å². The maximum Gasteiger partial charge on any atom is 0.266 e. The summed E-state index contributed by atoms with van der Waals surface area (Å²) in [6, 6.07) is 27.0. The molecular formula is C41H51IN2O5SSi. The molecule has 3 aromatic carbocycles. The quantitative estimate of drug-likeness (QED) is 0.0979. The Balaban J connectivity index is 1.57. The number of carbonyl (C=O) groups is 1. The van der Waals surface area contributed by atoms with Gasteiger partial charge < -0.3 is 9.53 Å². The first-order valence-corrected chi connectivity index (χ1v) is 22.6. The molecule has 1 aliphatic carbocycles. The van der Waals surface area contributed by atoms with Crippen molar-refractivity contribution in [3.05, 3.63) is 113 Å².